The first-order valence-electron chi connectivity index (χ1n) is 12.3. The highest BCUT2D eigenvalue weighted by Crippen LogP contribution is 2.58. The van der Waals surface area contributed by atoms with Gasteiger partial charge in [-0.3, -0.25) is 4.79 Å². The van der Waals surface area contributed by atoms with E-state index in [1.165, 1.54) is 31.5 Å². The zero-order valence-electron chi connectivity index (χ0n) is 19.3. The van der Waals surface area contributed by atoms with Crippen LogP contribution in [-0.2, 0) is 16.5 Å². The summed E-state index contributed by atoms with van der Waals surface area (Å²) in [6, 6.07) is 3.58. The van der Waals surface area contributed by atoms with Crippen LogP contribution in [0.25, 0.3) is 0 Å². The number of nitrogens with zero attached hydrogens (tertiary/aromatic N) is 3. The molecule has 188 valence electrons. The Kier molecular flexibility index (Phi) is 5.56. The lowest BCUT2D eigenvalue weighted by Crippen LogP contribution is -2.55. The summed E-state index contributed by atoms with van der Waals surface area (Å²) in [5.41, 5.74) is -0.392. The molecule has 1 saturated heterocycles. The number of hydrogen-bond donors (Lipinski definition) is 1. The van der Waals surface area contributed by atoms with Gasteiger partial charge in [-0.05, 0) is 74.5 Å². The molecule has 6 nitrogen and oxygen atoms in total. The molecule has 35 heavy (non-hydrogen) atoms. The standard InChI is InChI=1S/C25H28ClF3N4O2/c26-22-20(14-30-33(23(22)34)24-11-15-7-16(12-24)9-17(8-15)13-24)31-19-10-18(25(27,28)29)1-2-21(19)32-3-5-35-6-4-32/h1-2,10,14-17,31H,3-9,11-13H2. The Morgan fingerprint density at radius 2 is 1.66 bits per heavy atom. The average Bonchev–Trinajstić information content (AvgIpc) is 2.81. The predicted octanol–water partition coefficient (Wildman–Crippen LogP) is 5.42. The van der Waals surface area contributed by atoms with Crippen LogP contribution < -0.4 is 15.8 Å². The van der Waals surface area contributed by atoms with Crippen LogP contribution in [0.15, 0.2) is 29.2 Å². The van der Waals surface area contributed by atoms with Gasteiger partial charge in [-0.25, -0.2) is 4.68 Å². The molecule has 0 spiro atoms. The minimum Gasteiger partial charge on any atom is -0.378 e. The van der Waals surface area contributed by atoms with Gasteiger partial charge in [0.25, 0.3) is 5.56 Å². The second kappa shape index (κ2) is 8.40. The first-order valence-corrected chi connectivity index (χ1v) is 12.7. The van der Waals surface area contributed by atoms with Crippen molar-refractivity contribution in [3.8, 4) is 0 Å². The molecule has 10 heteroatoms. The molecule has 1 aromatic carbocycles. The zero-order chi connectivity index (χ0) is 24.4. The van der Waals surface area contributed by atoms with Gasteiger partial charge < -0.3 is 15.0 Å². The highest BCUT2D eigenvalue weighted by molar-refractivity contribution is 6.33. The molecule has 2 heterocycles. The van der Waals surface area contributed by atoms with E-state index in [0.717, 1.165) is 31.4 Å². The number of benzene rings is 1. The van der Waals surface area contributed by atoms with Gasteiger partial charge in [0, 0.05) is 13.1 Å². The molecular formula is C25H28ClF3N4O2. The Hall–Kier alpha value is -2.26. The molecular weight excluding hydrogens is 481 g/mol. The van der Waals surface area contributed by atoms with Crippen LogP contribution in [0.4, 0.5) is 30.2 Å². The summed E-state index contributed by atoms with van der Waals surface area (Å²) in [4.78, 5) is 15.4. The van der Waals surface area contributed by atoms with Crippen molar-refractivity contribution in [2.45, 2.75) is 50.2 Å². The Labute approximate surface area is 206 Å². The lowest BCUT2D eigenvalue weighted by Gasteiger charge is -2.56. The van der Waals surface area contributed by atoms with Gasteiger partial charge in [-0.1, -0.05) is 11.6 Å². The lowest BCUT2D eigenvalue weighted by molar-refractivity contribution is -0.137. The van der Waals surface area contributed by atoms with E-state index < -0.39 is 11.7 Å². The highest BCUT2D eigenvalue weighted by atomic mass is 35.5. The third kappa shape index (κ3) is 4.10. The number of aromatic nitrogens is 2. The molecule has 0 unspecified atom stereocenters. The van der Waals surface area contributed by atoms with Crippen LogP contribution in [0.1, 0.15) is 44.1 Å². The number of rotatable bonds is 4. The molecule has 4 saturated carbocycles. The lowest BCUT2D eigenvalue weighted by atomic mass is 9.53. The molecule has 0 radical (unpaired) electrons. The van der Waals surface area contributed by atoms with Gasteiger partial charge in [0.2, 0.25) is 0 Å². The summed E-state index contributed by atoms with van der Waals surface area (Å²) in [6.45, 7) is 2.09. The summed E-state index contributed by atoms with van der Waals surface area (Å²) in [6.07, 6.45) is 3.55. The van der Waals surface area contributed by atoms with Gasteiger partial charge >= 0.3 is 6.18 Å². The Morgan fingerprint density at radius 1 is 1.03 bits per heavy atom. The van der Waals surface area contributed by atoms with Gasteiger partial charge in [-0.2, -0.15) is 18.3 Å². The van der Waals surface area contributed by atoms with Gasteiger partial charge in [0.15, 0.2) is 0 Å². The maximum Gasteiger partial charge on any atom is 0.416 e. The molecule has 1 aliphatic heterocycles. The smallest absolute Gasteiger partial charge is 0.378 e. The van der Waals surface area contributed by atoms with Crippen molar-refractivity contribution in [3.63, 3.8) is 0 Å². The van der Waals surface area contributed by atoms with E-state index in [4.69, 9.17) is 16.3 Å². The fourth-order valence-corrected chi connectivity index (χ4v) is 7.40. The normalized spacial score (nSPS) is 30.1. The molecule has 4 bridgehead atoms. The number of ether oxygens (including phenoxy) is 1. The molecule has 1 aromatic heterocycles. The predicted molar refractivity (Wildman–Crippen MR) is 127 cm³/mol. The van der Waals surface area contributed by atoms with Crippen molar-refractivity contribution in [2.75, 3.05) is 36.5 Å². The van der Waals surface area contributed by atoms with Gasteiger partial charge in [-0.15, -0.1) is 0 Å². The van der Waals surface area contributed by atoms with Gasteiger partial charge in [0.1, 0.15) is 5.02 Å². The van der Waals surface area contributed by atoms with Crippen LogP contribution in [0.5, 0.6) is 0 Å². The summed E-state index contributed by atoms with van der Waals surface area (Å²) in [5, 5.41) is 7.50. The van der Waals surface area contributed by atoms with Crippen molar-refractivity contribution >= 4 is 28.7 Å². The molecule has 0 atom stereocenters. The fourth-order valence-electron chi connectivity index (χ4n) is 7.22. The zero-order valence-corrected chi connectivity index (χ0v) is 20.0. The second-order valence-electron chi connectivity index (χ2n) is 10.7. The fraction of sp³-hybridized carbons (Fsp3) is 0.600. The van der Waals surface area contributed by atoms with Crippen molar-refractivity contribution in [3.05, 3.63) is 45.3 Å². The van der Waals surface area contributed by atoms with E-state index in [1.54, 1.807) is 4.68 Å². The number of hydrogen-bond acceptors (Lipinski definition) is 5. The number of alkyl halides is 3. The second-order valence-corrected chi connectivity index (χ2v) is 11.1. The number of nitrogens with one attached hydrogen (secondary N) is 1. The Morgan fingerprint density at radius 3 is 2.26 bits per heavy atom. The largest absolute Gasteiger partial charge is 0.416 e. The third-order valence-electron chi connectivity index (χ3n) is 8.32. The molecule has 2 aromatic rings. The Bertz CT molecular complexity index is 1160. The first-order chi connectivity index (χ1) is 16.7. The quantitative estimate of drug-likeness (QED) is 0.597. The number of anilines is 3. The maximum atomic E-state index is 13.5. The van der Waals surface area contributed by atoms with Crippen LogP contribution in [0.3, 0.4) is 0 Å². The van der Waals surface area contributed by atoms with E-state index in [-0.39, 0.29) is 27.5 Å². The molecule has 5 fully saturated rings. The molecule has 4 aliphatic carbocycles. The van der Waals surface area contributed by atoms with E-state index in [2.05, 4.69) is 10.4 Å². The molecule has 1 N–H and O–H groups in total. The van der Waals surface area contributed by atoms with Crippen molar-refractivity contribution in [1.82, 2.24) is 9.78 Å². The molecule has 7 rings (SSSR count). The topological polar surface area (TPSA) is 59.4 Å². The van der Waals surface area contributed by atoms with Crippen molar-refractivity contribution in [1.29, 1.82) is 0 Å². The summed E-state index contributed by atoms with van der Waals surface area (Å²) in [5.74, 6) is 1.90. The number of halogens is 4. The average molecular weight is 509 g/mol. The van der Waals surface area contributed by atoms with Crippen LogP contribution in [0.2, 0.25) is 5.02 Å². The molecule has 5 aliphatic rings. The monoisotopic (exact) mass is 508 g/mol. The summed E-state index contributed by atoms with van der Waals surface area (Å²) in [7, 11) is 0. The number of morpholine rings is 1. The van der Waals surface area contributed by atoms with Crippen LogP contribution in [0, 0.1) is 17.8 Å². The Balaban J connectivity index is 1.35. The van der Waals surface area contributed by atoms with Crippen LogP contribution >= 0.6 is 11.6 Å². The maximum absolute atomic E-state index is 13.5. The van der Waals surface area contributed by atoms with Crippen molar-refractivity contribution < 1.29 is 17.9 Å². The van der Waals surface area contributed by atoms with E-state index in [1.807, 2.05) is 4.90 Å². The molecule has 0 amide bonds. The minimum atomic E-state index is -4.50. The van der Waals surface area contributed by atoms with Crippen LogP contribution in [-0.4, -0.2) is 36.1 Å². The highest BCUT2D eigenvalue weighted by Gasteiger charge is 2.53. The van der Waals surface area contributed by atoms with Crippen molar-refractivity contribution in [2.24, 2.45) is 17.8 Å². The third-order valence-corrected chi connectivity index (χ3v) is 8.68. The summed E-state index contributed by atoms with van der Waals surface area (Å²) >= 11 is 6.56. The van der Waals surface area contributed by atoms with E-state index >= 15 is 0 Å². The van der Waals surface area contributed by atoms with E-state index in [0.29, 0.717) is 49.7 Å². The van der Waals surface area contributed by atoms with Gasteiger partial charge in [0.05, 0.1) is 47.6 Å². The van der Waals surface area contributed by atoms with E-state index in [9.17, 15) is 18.0 Å². The first kappa shape index (κ1) is 23.2. The summed E-state index contributed by atoms with van der Waals surface area (Å²) < 4.78 is 47.4. The SMILES string of the molecule is O=c1c(Cl)c(Nc2cc(C(F)(F)F)ccc2N2CCOCC2)cnn1C12CC3CC(CC(C3)C1)C2. The minimum absolute atomic E-state index is 0.0407.